The Morgan fingerprint density at radius 1 is 1.06 bits per heavy atom. The number of benzene rings is 2. The molecule has 3 heterocycles. The summed E-state index contributed by atoms with van der Waals surface area (Å²) in [4.78, 5) is 36.3. The average molecular weight is 498 g/mol. The van der Waals surface area contributed by atoms with Crippen LogP contribution in [0.3, 0.4) is 0 Å². The lowest BCUT2D eigenvalue weighted by atomic mass is 9.97. The molecule has 6 heteroatoms. The molecule has 1 saturated heterocycles. The second kappa shape index (κ2) is 8.01. The van der Waals surface area contributed by atoms with Crippen molar-refractivity contribution in [2.45, 2.75) is 51.5 Å². The van der Waals surface area contributed by atoms with Gasteiger partial charge in [0, 0.05) is 40.7 Å². The first kappa shape index (κ1) is 22.2. The molecule has 1 atom stereocenters. The molecule has 5 nitrogen and oxygen atoms in total. The van der Waals surface area contributed by atoms with Gasteiger partial charge in [-0.25, -0.2) is 0 Å². The van der Waals surface area contributed by atoms with Crippen molar-refractivity contribution in [3.05, 3.63) is 58.5 Å². The molecule has 4 aliphatic rings. The molecule has 3 fully saturated rings. The van der Waals surface area contributed by atoms with Crippen LogP contribution in [0.15, 0.2) is 47.5 Å². The predicted molar refractivity (Wildman–Crippen MR) is 144 cm³/mol. The van der Waals surface area contributed by atoms with Crippen molar-refractivity contribution in [2.24, 2.45) is 16.8 Å². The largest absolute Gasteiger partial charge is 0.342 e. The van der Waals surface area contributed by atoms with Crippen molar-refractivity contribution < 1.29 is 9.59 Å². The van der Waals surface area contributed by atoms with Crippen molar-refractivity contribution in [3.63, 3.8) is 0 Å². The number of thiophene rings is 1. The number of hydrogen-bond acceptors (Lipinski definition) is 4. The molecule has 0 radical (unpaired) electrons. The normalized spacial score (nSPS) is 22.7. The lowest BCUT2D eigenvalue weighted by Crippen LogP contribution is -2.41. The molecule has 1 spiro atoms. The number of nitrogens with zero attached hydrogens (tertiary/aromatic N) is 3. The van der Waals surface area contributed by atoms with Crippen LogP contribution in [0.5, 0.6) is 0 Å². The second-order valence-corrected chi connectivity index (χ2v) is 12.5. The van der Waals surface area contributed by atoms with Gasteiger partial charge in [0.25, 0.3) is 5.91 Å². The Morgan fingerprint density at radius 3 is 2.61 bits per heavy atom. The van der Waals surface area contributed by atoms with Crippen molar-refractivity contribution in [2.75, 3.05) is 19.6 Å². The lowest BCUT2D eigenvalue weighted by Gasteiger charge is -2.24. The summed E-state index contributed by atoms with van der Waals surface area (Å²) in [5.74, 6) is 1.87. The maximum absolute atomic E-state index is 13.4. The molecule has 1 aromatic heterocycles. The molecule has 3 aromatic rings. The highest BCUT2D eigenvalue weighted by Crippen LogP contribution is 2.46. The van der Waals surface area contributed by atoms with Crippen LogP contribution in [0.1, 0.15) is 48.1 Å². The number of fused-ring (bicyclic) bond motifs is 1. The molecule has 2 saturated carbocycles. The maximum atomic E-state index is 13.4. The van der Waals surface area contributed by atoms with E-state index in [4.69, 9.17) is 4.99 Å². The summed E-state index contributed by atoms with van der Waals surface area (Å²) in [7, 11) is 0. The van der Waals surface area contributed by atoms with Crippen LogP contribution in [0.2, 0.25) is 0 Å². The minimum atomic E-state index is -0.522. The van der Waals surface area contributed by atoms with Gasteiger partial charge < -0.3 is 4.90 Å². The van der Waals surface area contributed by atoms with E-state index in [9.17, 15) is 9.59 Å². The number of aliphatic imine (C=N–C) groups is 1. The number of aryl methyl sites for hydroxylation is 2. The Hall–Kier alpha value is -2.99. The Labute approximate surface area is 215 Å². The van der Waals surface area contributed by atoms with Gasteiger partial charge in [-0.2, -0.15) is 0 Å². The molecule has 184 valence electrons. The number of hydrogen-bond donors (Lipinski definition) is 0. The highest BCUT2D eigenvalue weighted by atomic mass is 32.1. The van der Waals surface area contributed by atoms with Gasteiger partial charge in [0.2, 0.25) is 5.91 Å². The van der Waals surface area contributed by atoms with Gasteiger partial charge in [0.05, 0.1) is 0 Å². The fraction of sp³-hybridized carbons (Fsp3) is 0.433. The average Bonchev–Trinajstić information content (AvgIpc) is 3.76. The van der Waals surface area contributed by atoms with Crippen LogP contribution in [0.4, 0.5) is 0 Å². The van der Waals surface area contributed by atoms with Crippen molar-refractivity contribution in [3.8, 4) is 11.1 Å². The van der Waals surface area contributed by atoms with E-state index in [2.05, 4.69) is 56.3 Å². The monoisotopic (exact) mass is 497 g/mol. The van der Waals surface area contributed by atoms with Crippen molar-refractivity contribution in [1.82, 2.24) is 9.80 Å². The molecular weight excluding hydrogens is 466 g/mol. The Bertz CT molecular complexity index is 1450. The topological polar surface area (TPSA) is 53.0 Å². The molecule has 7 rings (SSSR count). The highest BCUT2D eigenvalue weighted by Gasteiger charge is 2.57. The minimum Gasteiger partial charge on any atom is -0.342 e. The second-order valence-electron chi connectivity index (χ2n) is 11.2. The molecular formula is C30H31N3O2S. The molecule has 1 unspecified atom stereocenters. The third kappa shape index (κ3) is 3.69. The van der Waals surface area contributed by atoms with E-state index in [0.29, 0.717) is 18.4 Å². The first-order valence-corrected chi connectivity index (χ1v) is 14.0. The van der Waals surface area contributed by atoms with Crippen LogP contribution >= 0.6 is 11.3 Å². The highest BCUT2D eigenvalue weighted by molar-refractivity contribution is 7.19. The van der Waals surface area contributed by atoms with E-state index >= 15 is 0 Å². The summed E-state index contributed by atoms with van der Waals surface area (Å²) in [6, 6.07) is 15.4. The SMILES string of the molecule is Cc1cc2cc(-c3ccc(C4=NC5(CC5)C(=O)N4CC4CCN(C(=O)C5CC5)C4)cc3C)ccc2s1. The van der Waals surface area contributed by atoms with Gasteiger partial charge in [-0.3, -0.25) is 19.5 Å². The standard InChI is InChI=1S/C30H31N3O2S/c1-18-13-23(5-7-25(18)22-6-8-26-24(15-22)14-19(2)36-26)27-31-30(10-11-30)29(35)33(27)17-20-9-12-32(16-20)28(34)21-3-4-21/h5-8,13-15,20-21H,3-4,9-12,16-17H2,1-2H3. The molecule has 2 aromatic carbocycles. The number of amidine groups is 1. The summed E-state index contributed by atoms with van der Waals surface area (Å²) in [5, 5.41) is 1.29. The van der Waals surface area contributed by atoms with Gasteiger partial charge in [0.1, 0.15) is 11.4 Å². The van der Waals surface area contributed by atoms with Gasteiger partial charge in [-0.05, 0) is 98.2 Å². The Balaban J connectivity index is 1.15. The number of likely N-dealkylation sites (tertiary alicyclic amines) is 1. The zero-order valence-electron chi connectivity index (χ0n) is 20.9. The van der Waals surface area contributed by atoms with Gasteiger partial charge in [0.15, 0.2) is 0 Å². The first-order chi connectivity index (χ1) is 17.4. The molecule has 2 aliphatic heterocycles. The Kier molecular flexibility index (Phi) is 4.94. The molecule has 0 bridgehead atoms. The van der Waals surface area contributed by atoms with Gasteiger partial charge >= 0.3 is 0 Å². The number of carbonyl (C=O) groups is 2. The fourth-order valence-corrected chi connectivity index (χ4v) is 6.90. The molecule has 2 amide bonds. The van der Waals surface area contributed by atoms with E-state index in [0.717, 1.165) is 56.6 Å². The number of amides is 2. The lowest BCUT2D eigenvalue weighted by molar-refractivity contribution is -0.131. The number of rotatable bonds is 5. The molecule has 36 heavy (non-hydrogen) atoms. The Morgan fingerprint density at radius 2 is 1.86 bits per heavy atom. The minimum absolute atomic E-state index is 0.157. The van der Waals surface area contributed by atoms with E-state index in [1.807, 2.05) is 21.1 Å². The maximum Gasteiger partial charge on any atom is 0.256 e. The molecule has 2 aliphatic carbocycles. The van der Waals surface area contributed by atoms with Crippen LogP contribution < -0.4 is 0 Å². The van der Waals surface area contributed by atoms with Crippen LogP contribution in [0, 0.1) is 25.7 Å². The summed E-state index contributed by atoms with van der Waals surface area (Å²) < 4.78 is 1.32. The summed E-state index contributed by atoms with van der Waals surface area (Å²) in [5.41, 5.74) is 4.12. The van der Waals surface area contributed by atoms with E-state index in [1.165, 1.54) is 31.7 Å². The van der Waals surface area contributed by atoms with Crippen molar-refractivity contribution in [1.29, 1.82) is 0 Å². The van der Waals surface area contributed by atoms with E-state index in [-0.39, 0.29) is 11.8 Å². The quantitative estimate of drug-likeness (QED) is 0.463. The predicted octanol–water partition coefficient (Wildman–Crippen LogP) is 5.57. The smallest absolute Gasteiger partial charge is 0.256 e. The van der Waals surface area contributed by atoms with Gasteiger partial charge in [-0.1, -0.05) is 18.2 Å². The van der Waals surface area contributed by atoms with Crippen molar-refractivity contribution >= 4 is 39.1 Å². The van der Waals surface area contributed by atoms with E-state index < -0.39 is 5.54 Å². The fourth-order valence-electron chi connectivity index (χ4n) is 5.99. The van der Waals surface area contributed by atoms with Crippen LogP contribution in [0.25, 0.3) is 21.2 Å². The van der Waals surface area contributed by atoms with Crippen LogP contribution in [-0.4, -0.2) is 52.6 Å². The third-order valence-corrected chi connectivity index (χ3v) is 9.37. The summed E-state index contributed by atoms with van der Waals surface area (Å²) >= 11 is 1.83. The summed E-state index contributed by atoms with van der Waals surface area (Å²) in [6.45, 7) is 6.54. The molecule has 0 N–H and O–H groups in total. The van der Waals surface area contributed by atoms with Gasteiger partial charge in [-0.15, -0.1) is 11.3 Å². The zero-order chi connectivity index (χ0) is 24.6. The van der Waals surface area contributed by atoms with Crippen LogP contribution in [-0.2, 0) is 9.59 Å². The summed E-state index contributed by atoms with van der Waals surface area (Å²) in [6.07, 6.45) is 4.74. The first-order valence-electron chi connectivity index (χ1n) is 13.2. The third-order valence-electron chi connectivity index (χ3n) is 8.34. The van der Waals surface area contributed by atoms with E-state index in [1.54, 1.807) is 0 Å². The zero-order valence-corrected chi connectivity index (χ0v) is 21.7. The number of carbonyl (C=O) groups excluding carboxylic acids is 2.